The summed E-state index contributed by atoms with van der Waals surface area (Å²) in [5, 5.41) is 6.44. The Balaban J connectivity index is 1.65. The van der Waals surface area contributed by atoms with Gasteiger partial charge in [0.15, 0.2) is 0 Å². The van der Waals surface area contributed by atoms with Gasteiger partial charge >= 0.3 is 0 Å². The van der Waals surface area contributed by atoms with E-state index in [4.69, 9.17) is 4.74 Å². The van der Waals surface area contributed by atoms with Gasteiger partial charge in [-0.05, 0) is 0 Å². The van der Waals surface area contributed by atoms with Crippen LogP contribution in [0, 0.1) is 0 Å². The second-order valence-electron chi connectivity index (χ2n) is 4.67. The number of nitrogens with one attached hydrogen (secondary N) is 1. The summed E-state index contributed by atoms with van der Waals surface area (Å²) in [5.74, 6) is 1.27. The van der Waals surface area contributed by atoms with Gasteiger partial charge < -0.3 is 14.5 Å². The molecule has 1 saturated heterocycles. The molecular formula is C12H19N5O3S. The Morgan fingerprint density at radius 3 is 2.86 bits per heavy atom. The summed E-state index contributed by atoms with van der Waals surface area (Å²) in [7, 11) is 1.70. The summed E-state index contributed by atoms with van der Waals surface area (Å²) >= 11 is 1.33. The molecule has 0 aromatic carbocycles. The van der Waals surface area contributed by atoms with Crippen molar-refractivity contribution >= 4 is 23.6 Å². The molecule has 1 aliphatic heterocycles. The van der Waals surface area contributed by atoms with Gasteiger partial charge in [-0.2, -0.15) is 5.10 Å². The fraction of sp³-hybridized carbons (Fsp3) is 0.667. The number of hydrogen-bond acceptors (Lipinski definition) is 6. The molecule has 1 N–H and O–H groups in total. The monoisotopic (exact) mass is 313 g/mol. The molecule has 0 aliphatic carbocycles. The highest BCUT2D eigenvalue weighted by atomic mass is 32.2. The van der Waals surface area contributed by atoms with E-state index in [1.807, 2.05) is 0 Å². The summed E-state index contributed by atoms with van der Waals surface area (Å²) < 4.78 is 5.20. The molecule has 21 heavy (non-hydrogen) atoms. The molecule has 8 nitrogen and oxygen atoms in total. The first kappa shape index (κ1) is 15.8. The second-order valence-corrected chi connectivity index (χ2v) is 5.65. The molecule has 0 atom stereocenters. The Morgan fingerprint density at radius 2 is 2.19 bits per heavy atom. The van der Waals surface area contributed by atoms with Crippen LogP contribution in [0.4, 0.5) is 0 Å². The molecule has 2 heterocycles. The van der Waals surface area contributed by atoms with E-state index in [0.717, 1.165) is 0 Å². The first-order chi connectivity index (χ1) is 10.2. The predicted molar refractivity (Wildman–Crippen MR) is 77.6 cm³/mol. The van der Waals surface area contributed by atoms with Crippen molar-refractivity contribution in [3.63, 3.8) is 0 Å². The van der Waals surface area contributed by atoms with E-state index in [1.54, 1.807) is 16.8 Å². The normalized spacial score (nSPS) is 15.0. The molecule has 2 amide bonds. The van der Waals surface area contributed by atoms with Crippen molar-refractivity contribution in [3.8, 4) is 0 Å². The second kappa shape index (κ2) is 7.99. The molecule has 0 spiro atoms. The number of thioether (sulfide) groups is 1. The fourth-order valence-electron chi connectivity index (χ4n) is 1.86. The Kier molecular flexibility index (Phi) is 6.00. The van der Waals surface area contributed by atoms with Gasteiger partial charge in [0, 0.05) is 20.1 Å². The zero-order valence-electron chi connectivity index (χ0n) is 11.9. The van der Waals surface area contributed by atoms with Crippen LogP contribution in [-0.2, 0) is 20.9 Å². The summed E-state index contributed by atoms with van der Waals surface area (Å²) in [4.78, 5) is 31.1. The molecule has 1 aromatic rings. The van der Waals surface area contributed by atoms with Crippen LogP contribution >= 0.6 is 11.8 Å². The van der Waals surface area contributed by atoms with Crippen LogP contribution in [0.1, 0.15) is 5.82 Å². The van der Waals surface area contributed by atoms with Crippen LogP contribution in [0.15, 0.2) is 6.33 Å². The van der Waals surface area contributed by atoms with E-state index in [2.05, 4.69) is 15.2 Å². The molecule has 1 fully saturated rings. The number of carbonyl (C=O) groups is 2. The summed E-state index contributed by atoms with van der Waals surface area (Å²) in [6.45, 7) is 2.85. The topological polar surface area (TPSA) is 91.4 Å². The Hall–Kier alpha value is -1.61. The number of nitrogens with zero attached hydrogens (tertiary/aromatic N) is 4. The zero-order chi connectivity index (χ0) is 15.1. The van der Waals surface area contributed by atoms with Gasteiger partial charge in [-0.3, -0.25) is 14.7 Å². The molecule has 0 saturated carbocycles. The summed E-state index contributed by atoms with van der Waals surface area (Å²) in [6.07, 6.45) is 1.41. The number of carbonyl (C=O) groups excluding carboxylic acids is 2. The van der Waals surface area contributed by atoms with Crippen LogP contribution in [0.2, 0.25) is 0 Å². The number of aromatic nitrogens is 3. The lowest BCUT2D eigenvalue weighted by Gasteiger charge is -2.26. The molecule has 116 valence electrons. The quantitative estimate of drug-likeness (QED) is 0.751. The molecule has 0 bridgehead atoms. The lowest BCUT2D eigenvalue weighted by molar-refractivity contribution is -0.132. The summed E-state index contributed by atoms with van der Waals surface area (Å²) in [5.41, 5.74) is 0. The molecule has 9 heteroatoms. The molecular weight excluding hydrogens is 294 g/mol. The predicted octanol–water partition coefficient (Wildman–Crippen LogP) is -0.645. The highest BCUT2D eigenvalue weighted by molar-refractivity contribution is 8.00. The number of H-pyrrole nitrogens is 1. The van der Waals surface area contributed by atoms with Crippen molar-refractivity contribution in [2.45, 2.75) is 6.54 Å². The Bertz CT molecular complexity index is 461. The van der Waals surface area contributed by atoms with E-state index in [1.165, 1.54) is 18.1 Å². The molecule has 0 radical (unpaired) electrons. The smallest absolute Gasteiger partial charge is 0.232 e. The Labute approximate surface area is 127 Å². The van der Waals surface area contributed by atoms with Crippen LogP contribution in [-0.4, -0.2) is 81.7 Å². The van der Waals surface area contributed by atoms with Crippen LogP contribution in [0.5, 0.6) is 0 Å². The highest BCUT2D eigenvalue weighted by Gasteiger charge is 2.17. The lowest BCUT2D eigenvalue weighted by atomic mass is 10.4. The maximum atomic E-state index is 11.9. The third-order valence-electron chi connectivity index (χ3n) is 3.09. The van der Waals surface area contributed by atoms with Crippen molar-refractivity contribution in [1.82, 2.24) is 25.0 Å². The van der Waals surface area contributed by atoms with Gasteiger partial charge in [0.05, 0.1) is 31.3 Å². The third kappa shape index (κ3) is 5.01. The van der Waals surface area contributed by atoms with Gasteiger partial charge in [0.1, 0.15) is 12.2 Å². The number of morpholine rings is 1. The minimum atomic E-state index is -0.0359. The number of aromatic amines is 1. The molecule has 0 unspecified atom stereocenters. The van der Waals surface area contributed by atoms with Crippen molar-refractivity contribution < 1.29 is 14.3 Å². The first-order valence-electron chi connectivity index (χ1n) is 6.68. The van der Waals surface area contributed by atoms with Crippen LogP contribution < -0.4 is 0 Å². The third-order valence-corrected chi connectivity index (χ3v) is 3.99. The standard InChI is InChI=1S/C12H19N5O3S/c1-16(6-10-13-9-14-15-10)11(18)7-21-8-12(19)17-2-4-20-5-3-17/h9H,2-8H2,1H3,(H,13,14,15). The van der Waals surface area contributed by atoms with Crippen molar-refractivity contribution in [2.75, 3.05) is 44.9 Å². The SMILES string of the molecule is CN(Cc1ncn[nH]1)C(=O)CSCC(=O)N1CCOCC1. The minimum absolute atomic E-state index is 0.0359. The molecule has 1 aromatic heterocycles. The van der Waals surface area contributed by atoms with Crippen LogP contribution in [0.25, 0.3) is 0 Å². The number of rotatable bonds is 6. The van der Waals surface area contributed by atoms with Gasteiger partial charge in [-0.1, -0.05) is 0 Å². The number of ether oxygens (including phenoxy) is 1. The lowest BCUT2D eigenvalue weighted by Crippen LogP contribution is -2.41. The number of amides is 2. The molecule has 2 rings (SSSR count). The van der Waals surface area contributed by atoms with E-state index in [-0.39, 0.29) is 17.6 Å². The average Bonchev–Trinajstić information content (AvgIpc) is 3.00. The van der Waals surface area contributed by atoms with E-state index in [0.29, 0.717) is 44.4 Å². The van der Waals surface area contributed by atoms with Crippen LogP contribution in [0.3, 0.4) is 0 Å². The Morgan fingerprint density at radius 1 is 1.43 bits per heavy atom. The average molecular weight is 313 g/mol. The van der Waals surface area contributed by atoms with E-state index >= 15 is 0 Å². The number of hydrogen-bond donors (Lipinski definition) is 1. The van der Waals surface area contributed by atoms with E-state index in [9.17, 15) is 9.59 Å². The van der Waals surface area contributed by atoms with Crippen molar-refractivity contribution in [2.24, 2.45) is 0 Å². The van der Waals surface area contributed by atoms with Crippen molar-refractivity contribution in [3.05, 3.63) is 12.2 Å². The van der Waals surface area contributed by atoms with Gasteiger partial charge in [-0.15, -0.1) is 11.8 Å². The zero-order valence-corrected chi connectivity index (χ0v) is 12.8. The van der Waals surface area contributed by atoms with Gasteiger partial charge in [0.25, 0.3) is 0 Å². The van der Waals surface area contributed by atoms with Crippen molar-refractivity contribution in [1.29, 1.82) is 0 Å². The summed E-state index contributed by atoms with van der Waals surface area (Å²) in [6, 6.07) is 0. The fourth-order valence-corrected chi connectivity index (χ4v) is 2.71. The first-order valence-corrected chi connectivity index (χ1v) is 7.84. The van der Waals surface area contributed by atoms with Gasteiger partial charge in [0.2, 0.25) is 11.8 Å². The highest BCUT2D eigenvalue weighted by Crippen LogP contribution is 2.07. The maximum Gasteiger partial charge on any atom is 0.232 e. The molecule has 1 aliphatic rings. The maximum absolute atomic E-state index is 11.9. The minimum Gasteiger partial charge on any atom is -0.378 e. The van der Waals surface area contributed by atoms with E-state index < -0.39 is 0 Å². The van der Waals surface area contributed by atoms with Gasteiger partial charge in [-0.25, -0.2) is 4.98 Å². The largest absolute Gasteiger partial charge is 0.378 e.